The smallest absolute Gasteiger partial charge is 0.147 e. The van der Waals surface area contributed by atoms with Crippen molar-refractivity contribution >= 4 is 43.6 Å². The van der Waals surface area contributed by atoms with Gasteiger partial charge in [0.25, 0.3) is 0 Å². The molecule has 6 heteroatoms. The molecule has 0 spiro atoms. The van der Waals surface area contributed by atoms with E-state index in [1.807, 2.05) is 48.5 Å². The number of aryl methyl sites for hydroxylation is 2. The first-order chi connectivity index (χ1) is 32.8. The summed E-state index contributed by atoms with van der Waals surface area (Å²) in [6, 6.07) is 58.3. The Bertz CT molecular complexity index is 3060. The van der Waals surface area contributed by atoms with Gasteiger partial charge in [0, 0.05) is 50.2 Å². The topological polar surface area (TPSA) is 68.8 Å². The van der Waals surface area contributed by atoms with Gasteiger partial charge in [-0.05, 0) is 111 Å². The van der Waals surface area contributed by atoms with Crippen LogP contribution in [0.3, 0.4) is 0 Å². The van der Waals surface area contributed by atoms with Gasteiger partial charge in [-0.1, -0.05) is 136 Å². The van der Waals surface area contributed by atoms with Crippen LogP contribution in [0.15, 0.2) is 170 Å². The van der Waals surface area contributed by atoms with Gasteiger partial charge in [-0.15, -0.1) is 0 Å². The van der Waals surface area contributed by atoms with Crippen molar-refractivity contribution in [2.45, 2.75) is 84.8 Å². The van der Waals surface area contributed by atoms with Gasteiger partial charge in [-0.25, -0.2) is 0 Å². The lowest BCUT2D eigenvalue weighted by atomic mass is 9.97. The number of benzene rings is 8. The number of phenolic OH excluding ortho intramolecular Hbond substituents is 2. The molecule has 1 unspecified atom stereocenters. The maximum absolute atomic E-state index is 12.4. The molecule has 0 saturated heterocycles. The van der Waals surface area contributed by atoms with E-state index >= 15 is 0 Å². The van der Waals surface area contributed by atoms with Gasteiger partial charge < -0.3 is 28.8 Å². The van der Waals surface area contributed by atoms with Crippen LogP contribution in [0.4, 0.5) is 0 Å². The summed E-state index contributed by atoms with van der Waals surface area (Å²) in [6.45, 7) is 8.57. The SMILES string of the molecule is CCCCc1cc(-c2ccccc2OC(C)C[C@@H](C)Oc2ccccc2-c2cc(CCCC)cc(-n3c4ccccc4c4ccccc43)c2O)c(O)c(-n2c3ccccc3c3ccccc32)c1. The molecule has 0 aliphatic rings. The third kappa shape index (κ3) is 8.26. The lowest BCUT2D eigenvalue weighted by Gasteiger charge is -2.24. The Hall–Kier alpha value is -7.44. The van der Waals surface area contributed by atoms with Crippen LogP contribution in [0.2, 0.25) is 0 Å². The molecule has 67 heavy (non-hydrogen) atoms. The molecule has 2 N–H and O–H groups in total. The number of fused-ring (bicyclic) bond motifs is 6. The van der Waals surface area contributed by atoms with Crippen molar-refractivity contribution in [3.63, 3.8) is 0 Å². The first kappa shape index (κ1) is 43.5. The number of unbranched alkanes of at least 4 members (excludes halogenated alkanes) is 2. The van der Waals surface area contributed by atoms with E-state index in [2.05, 4.69) is 158 Å². The number of ether oxygens (including phenoxy) is 2. The van der Waals surface area contributed by atoms with Gasteiger partial charge >= 0.3 is 0 Å². The Morgan fingerprint density at radius 1 is 0.418 bits per heavy atom. The quantitative estimate of drug-likeness (QED) is 0.101. The molecule has 10 rings (SSSR count). The van der Waals surface area contributed by atoms with Gasteiger partial charge in [0.05, 0.1) is 45.6 Å². The first-order valence-corrected chi connectivity index (χ1v) is 24.0. The molecule has 336 valence electrons. The molecule has 10 aromatic rings. The summed E-state index contributed by atoms with van der Waals surface area (Å²) < 4.78 is 18.1. The second kappa shape index (κ2) is 18.8. The van der Waals surface area contributed by atoms with E-state index in [1.54, 1.807) is 0 Å². The van der Waals surface area contributed by atoms with Gasteiger partial charge in [-0.3, -0.25) is 0 Å². The highest BCUT2D eigenvalue weighted by atomic mass is 16.5. The molecule has 2 atom stereocenters. The van der Waals surface area contributed by atoms with Crippen LogP contribution in [-0.4, -0.2) is 31.6 Å². The maximum Gasteiger partial charge on any atom is 0.147 e. The summed E-state index contributed by atoms with van der Waals surface area (Å²) in [7, 11) is 0. The van der Waals surface area contributed by atoms with Crippen LogP contribution >= 0.6 is 0 Å². The minimum Gasteiger partial charge on any atom is -0.505 e. The van der Waals surface area contributed by atoms with E-state index in [9.17, 15) is 10.2 Å². The zero-order valence-electron chi connectivity index (χ0n) is 38.9. The van der Waals surface area contributed by atoms with E-state index in [0.717, 1.165) is 116 Å². The van der Waals surface area contributed by atoms with Gasteiger partial charge in [0.1, 0.15) is 23.0 Å². The predicted molar refractivity (Wildman–Crippen MR) is 278 cm³/mol. The first-order valence-electron chi connectivity index (χ1n) is 24.0. The van der Waals surface area contributed by atoms with Crippen molar-refractivity contribution < 1.29 is 19.7 Å². The van der Waals surface area contributed by atoms with Crippen LogP contribution in [-0.2, 0) is 12.8 Å². The third-order valence-corrected chi connectivity index (χ3v) is 13.3. The summed E-state index contributed by atoms with van der Waals surface area (Å²) in [5, 5.41) is 29.4. The van der Waals surface area contributed by atoms with Crippen LogP contribution in [0.25, 0.3) is 77.2 Å². The summed E-state index contributed by atoms with van der Waals surface area (Å²) in [5.41, 5.74) is 11.2. The van der Waals surface area contributed by atoms with Gasteiger partial charge in [0.15, 0.2) is 0 Å². The van der Waals surface area contributed by atoms with Crippen LogP contribution in [0, 0.1) is 0 Å². The van der Waals surface area contributed by atoms with Crippen molar-refractivity contribution in [2.75, 3.05) is 0 Å². The molecule has 0 amide bonds. The number of aromatic nitrogens is 2. The molecular weight excluding hydrogens is 825 g/mol. The summed E-state index contributed by atoms with van der Waals surface area (Å²) in [6.07, 6.45) is 6.12. The van der Waals surface area contributed by atoms with Crippen LogP contribution < -0.4 is 9.47 Å². The molecule has 0 fully saturated rings. The summed E-state index contributed by atoms with van der Waals surface area (Å²) in [5.74, 6) is 1.83. The Kier molecular flexibility index (Phi) is 12.2. The fourth-order valence-corrected chi connectivity index (χ4v) is 10.1. The van der Waals surface area contributed by atoms with Gasteiger partial charge in [-0.2, -0.15) is 0 Å². The fraction of sp³-hybridized carbons (Fsp3) is 0.213. The number of para-hydroxylation sites is 6. The molecule has 2 aromatic heterocycles. The molecule has 6 nitrogen and oxygen atoms in total. The van der Waals surface area contributed by atoms with Crippen LogP contribution in [0.5, 0.6) is 23.0 Å². The van der Waals surface area contributed by atoms with E-state index in [-0.39, 0.29) is 23.7 Å². The molecule has 0 bridgehead atoms. The average Bonchev–Trinajstić information content (AvgIpc) is 3.87. The predicted octanol–water partition coefficient (Wildman–Crippen LogP) is 15.9. The van der Waals surface area contributed by atoms with Crippen molar-refractivity contribution in [2.24, 2.45) is 0 Å². The zero-order valence-corrected chi connectivity index (χ0v) is 38.9. The lowest BCUT2D eigenvalue weighted by molar-refractivity contribution is 0.131. The largest absolute Gasteiger partial charge is 0.505 e. The number of rotatable bonds is 16. The number of aromatic hydroxyl groups is 2. The van der Waals surface area contributed by atoms with E-state index in [0.29, 0.717) is 17.9 Å². The Labute approximate surface area is 393 Å². The highest BCUT2D eigenvalue weighted by Crippen LogP contribution is 2.46. The Morgan fingerprint density at radius 3 is 1.10 bits per heavy atom. The summed E-state index contributed by atoms with van der Waals surface area (Å²) >= 11 is 0. The second-order valence-corrected chi connectivity index (χ2v) is 18.1. The Balaban J connectivity index is 0.960. The molecule has 0 radical (unpaired) electrons. The lowest BCUT2D eigenvalue weighted by Crippen LogP contribution is -2.23. The number of nitrogens with zero attached hydrogens (tertiary/aromatic N) is 2. The van der Waals surface area contributed by atoms with Crippen LogP contribution in [0.1, 0.15) is 70.9 Å². The second-order valence-electron chi connectivity index (χ2n) is 18.1. The normalized spacial score (nSPS) is 12.6. The fourth-order valence-electron chi connectivity index (χ4n) is 10.1. The van der Waals surface area contributed by atoms with E-state index in [1.165, 1.54) is 11.1 Å². The highest BCUT2D eigenvalue weighted by molar-refractivity contribution is 6.10. The maximum atomic E-state index is 12.4. The summed E-state index contributed by atoms with van der Waals surface area (Å²) in [4.78, 5) is 0. The van der Waals surface area contributed by atoms with Gasteiger partial charge in [0.2, 0.25) is 0 Å². The minimum atomic E-state index is -0.238. The molecule has 2 heterocycles. The zero-order chi connectivity index (χ0) is 46.0. The molecular formula is C61H58N2O4. The number of hydrogen-bond acceptors (Lipinski definition) is 4. The average molecular weight is 883 g/mol. The third-order valence-electron chi connectivity index (χ3n) is 13.3. The van der Waals surface area contributed by atoms with Crippen molar-refractivity contribution in [3.8, 4) is 56.6 Å². The van der Waals surface area contributed by atoms with Crippen molar-refractivity contribution in [1.29, 1.82) is 0 Å². The number of hydrogen-bond donors (Lipinski definition) is 2. The van der Waals surface area contributed by atoms with Crippen molar-refractivity contribution in [1.82, 2.24) is 9.13 Å². The van der Waals surface area contributed by atoms with E-state index in [4.69, 9.17) is 9.47 Å². The Morgan fingerprint density at radius 2 is 0.746 bits per heavy atom. The van der Waals surface area contributed by atoms with E-state index < -0.39 is 0 Å². The minimum absolute atomic E-state index is 0.215. The molecule has 0 aliphatic carbocycles. The molecule has 8 aromatic carbocycles. The monoisotopic (exact) mass is 882 g/mol. The standard InChI is InChI=1S/C61H58N2O4/c1-5-7-21-42-36-50(60(64)56(38-42)62-52-29-15-9-23-44(52)45-24-10-16-30-53(45)62)48-27-13-19-33-58(48)66-40(3)35-41(4)67-59-34-20-14-28-49(59)51-37-43(22-8-6-2)39-57(61(51)65)63-54-31-17-11-25-46(54)47-26-12-18-32-55(47)63/h9-20,23-34,36-41,64-65H,5-8,21-22,35H2,1-4H3/t40-,41?/m1/s1. The highest BCUT2D eigenvalue weighted by Gasteiger charge is 2.24. The van der Waals surface area contributed by atoms with Crippen molar-refractivity contribution in [3.05, 3.63) is 181 Å². The molecule has 0 saturated carbocycles. The molecule has 0 aliphatic heterocycles. The number of phenols is 2.